The first-order chi connectivity index (χ1) is 3.81. The molecule has 48 valence electrons. The van der Waals surface area contributed by atoms with Gasteiger partial charge in [-0.05, 0) is 0 Å². The Morgan fingerprint density at radius 3 is 1.75 bits per heavy atom. The first-order valence-electron chi connectivity index (χ1n) is 3.45. The molecule has 0 aliphatic rings. The van der Waals surface area contributed by atoms with Crippen molar-refractivity contribution in [2.24, 2.45) is 0 Å². The summed E-state index contributed by atoms with van der Waals surface area (Å²) in [5, 5.41) is 0. The standard InChI is InChI=1S/2C3H7.ClH.Tl/c2*1-3-2;;/h2*1,3H2,2H3;1H;/q;;;+1/p-1. The Morgan fingerprint density at radius 1 is 1.12 bits per heavy atom. The van der Waals surface area contributed by atoms with Gasteiger partial charge >= 0.3 is 64.4 Å². The summed E-state index contributed by atoms with van der Waals surface area (Å²) in [5.41, 5.74) is 0. The van der Waals surface area contributed by atoms with Crippen molar-refractivity contribution >= 4 is 29.8 Å². The molecule has 0 saturated heterocycles. The van der Waals surface area contributed by atoms with Gasteiger partial charge in [-0.25, -0.2) is 0 Å². The number of rotatable bonds is 4. The molecule has 0 fully saturated rings. The minimum atomic E-state index is -1.43. The van der Waals surface area contributed by atoms with E-state index in [1.807, 2.05) is 0 Å². The first kappa shape index (κ1) is 9.21. The monoisotopic (exact) mass is 326 g/mol. The number of hydrogen-bond acceptors (Lipinski definition) is 0. The van der Waals surface area contributed by atoms with Gasteiger partial charge in [-0.3, -0.25) is 0 Å². The Bertz CT molecular complexity index is 41.8. The van der Waals surface area contributed by atoms with Crippen LogP contribution in [0.3, 0.4) is 0 Å². The zero-order valence-electron chi connectivity index (χ0n) is 5.78. The second kappa shape index (κ2) is 6.33. The number of halogens is 1. The maximum absolute atomic E-state index is 6.10. The molecule has 0 radical (unpaired) electrons. The molecule has 0 rings (SSSR count). The van der Waals surface area contributed by atoms with Gasteiger partial charge in [0.15, 0.2) is 0 Å². The van der Waals surface area contributed by atoms with Gasteiger partial charge in [0.2, 0.25) is 0 Å². The predicted molar refractivity (Wildman–Crippen MR) is 41.8 cm³/mol. The molecule has 2 heteroatoms. The molecule has 0 unspecified atom stereocenters. The molecule has 0 aliphatic carbocycles. The van der Waals surface area contributed by atoms with Crippen LogP contribution in [0, 0.1) is 0 Å². The van der Waals surface area contributed by atoms with Gasteiger partial charge in [0.05, 0.1) is 0 Å². The van der Waals surface area contributed by atoms with Gasteiger partial charge in [0.25, 0.3) is 0 Å². The van der Waals surface area contributed by atoms with Crippen LogP contribution in [-0.4, -0.2) is 21.5 Å². The van der Waals surface area contributed by atoms with Crippen molar-refractivity contribution in [3.63, 3.8) is 0 Å². The van der Waals surface area contributed by atoms with E-state index < -0.39 is 21.5 Å². The van der Waals surface area contributed by atoms with Crippen LogP contribution in [-0.2, 0) is 0 Å². The average Bonchev–Trinajstić information content (AvgIpc) is 1.68. The molecule has 0 aliphatic heterocycles. The van der Waals surface area contributed by atoms with E-state index in [-0.39, 0.29) is 0 Å². The molecular formula is C6H14ClTl. The van der Waals surface area contributed by atoms with E-state index in [4.69, 9.17) is 8.32 Å². The molecule has 0 saturated carbocycles. The van der Waals surface area contributed by atoms with E-state index in [1.54, 1.807) is 0 Å². The molecule has 8 heavy (non-hydrogen) atoms. The Morgan fingerprint density at radius 2 is 1.50 bits per heavy atom. The fourth-order valence-electron chi connectivity index (χ4n) is 0.771. The van der Waals surface area contributed by atoms with Crippen molar-refractivity contribution in [3.05, 3.63) is 0 Å². The van der Waals surface area contributed by atoms with Gasteiger partial charge in [0.1, 0.15) is 0 Å². The van der Waals surface area contributed by atoms with Crippen LogP contribution in [0.15, 0.2) is 0 Å². The van der Waals surface area contributed by atoms with E-state index >= 15 is 0 Å². The van der Waals surface area contributed by atoms with E-state index in [1.165, 1.54) is 20.8 Å². The van der Waals surface area contributed by atoms with Crippen LogP contribution in [0.5, 0.6) is 0 Å². The second-order valence-corrected chi connectivity index (χ2v) is 16.7. The molecule has 0 amide bonds. The molecule has 0 nitrogen and oxygen atoms in total. The summed E-state index contributed by atoms with van der Waals surface area (Å²) in [6.07, 6.45) is 2.63. The molecule has 0 bridgehead atoms. The van der Waals surface area contributed by atoms with Crippen LogP contribution in [0.1, 0.15) is 26.7 Å². The second-order valence-electron chi connectivity index (χ2n) is 2.17. The van der Waals surface area contributed by atoms with Crippen LogP contribution in [0.2, 0.25) is 7.96 Å². The topological polar surface area (TPSA) is 0 Å². The van der Waals surface area contributed by atoms with E-state index in [2.05, 4.69) is 13.8 Å². The fraction of sp³-hybridized carbons (Fsp3) is 1.00. The Labute approximate surface area is 64.2 Å². The van der Waals surface area contributed by atoms with Crippen molar-refractivity contribution in [2.75, 3.05) is 0 Å². The molecule has 0 spiro atoms. The van der Waals surface area contributed by atoms with Crippen LogP contribution in [0.25, 0.3) is 0 Å². The summed E-state index contributed by atoms with van der Waals surface area (Å²) in [7, 11) is 6.10. The third-order valence-corrected chi connectivity index (χ3v) is 14.4. The first-order valence-corrected chi connectivity index (χ1v) is 15.3. The minimum absolute atomic E-state index is 1.32. The SMILES string of the molecule is CC[CH2][Tl]([Cl])[CH2]CC. The summed E-state index contributed by atoms with van der Waals surface area (Å²) >= 11 is -1.43. The normalized spacial score (nSPS) is 9.38. The summed E-state index contributed by atoms with van der Waals surface area (Å²) in [6.45, 7) is 4.45. The van der Waals surface area contributed by atoms with Crippen LogP contribution >= 0.6 is 8.32 Å². The molecule has 0 atom stereocenters. The van der Waals surface area contributed by atoms with Crippen LogP contribution < -0.4 is 0 Å². The summed E-state index contributed by atoms with van der Waals surface area (Å²) in [6, 6.07) is 0. The quantitative estimate of drug-likeness (QED) is 0.697. The van der Waals surface area contributed by atoms with Crippen molar-refractivity contribution in [1.29, 1.82) is 0 Å². The van der Waals surface area contributed by atoms with Crippen molar-refractivity contribution in [1.82, 2.24) is 0 Å². The van der Waals surface area contributed by atoms with E-state index in [0.717, 1.165) is 0 Å². The zero-order chi connectivity index (χ0) is 6.41. The predicted octanol–water partition coefficient (Wildman–Crippen LogP) is 3.04. The van der Waals surface area contributed by atoms with Gasteiger partial charge in [-0.1, -0.05) is 0 Å². The Hall–Kier alpha value is 1.21. The Balaban J connectivity index is 2.92. The molecule has 0 aromatic heterocycles. The van der Waals surface area contributed by atoms with Crippen molar-refractivity contribution in [3.8, 4) is 0 Å². The van der Waals surface area contributed by atoms with Crippen molar-refractivity contribution < 1.29 is 0 Å². The van der Waals surface area contributed by atoms with Gasteiger partial charge < -0.3 is 0 Å². The van der Waals surface area contributed by atoms with E-state index in [9.17, 15) is 0 Å². The van der Waals surface area contributed by atoms with Gasteiger partial charge in [0, 0.05) is 0 Å². The molecule has 0 aromatic carbocycles. The number of hydrogen-bond donors (Lipinski definition) is 0. The average molecular weight is 326 g/mol. The summed E-state index contributed by atoms with van der Waals surface area (Å²) < 4.78 is 2.80. The maximum atomic E-state index is 6.10. The van der Waals surface area contributed by atoms with E-state index in [0.29, 0.717) is 0 Å². The summed E-state index contributed by atoms with van der Waals surface area (Å²) in [4.78, 5) is 0. The third kappa shape index (κ3) is 5.35. The zero-order valence-corrected chi connectivity index (χ0v) is 11.0. The fourth-order valence-corrected chi connectivity index (χ4v) is 10.6. The molecule has 0 aromatic rings. The summed E-state index contributed by atoms with van der Waals surface area (Å²) in [5.74, 6) is 0. The molecule has 0 heterocycles. The van der Waals surface area contributed by atoms with Crippen molar-refractivity contribution in [2.45, 2.75) is 34.6 Å². The third-order valence-electron chi connectivity index (χ3n) is 1.20. The molecule has 0 N–H and O–H groups in total. The van der Waals surface area contributed by atoms with Gasteiger partial charge in [-0.2, -0.15) is 0 Å². The van der Waals surface area contributed by atoms with Crippen LogP contribution in [0.4, 0.5) is 0 Å². The molecular weight excluding hydrogens is 312 g/mol. The van der Waals surface area contributed by atoms with Gasteiger partial charge in [-0.15, -0.1) is 0 Å². The Kier molecular flexibility index (Phi) is 7.29.